The SMILES string of the molecule is Cc1oncc1C(=O)NC(C)(C)CC(=O)O. The molecule has 1 aromatic rings. The lowest BCUT2D eigenvalue weighted by Crippen LogP contribution is -2.45. The van der Waals surface area contributed by atoms with Crippen molar-refractivity contribution < 1.29 is 19.2 Å². The molecule has 6 heteroatoms. The molecule has 0 spiro atoms. The molecule has 1 aromatic heterocycles. The van der Waals surface area contributed by atoms with Gasteiger partial charge in [-0.1, -0.05) is 5.16 Å². The quantitative estimate of drug-likeness (QED) is 0.797. The zero-order valence-electron chi connectivity index (χ0n) is 9.40. The summed E-state index contributed by atoms with van der Waals surface area (Å²) in [5, 5.41) is 14.8. The molecule has 16 heavy (non-hydrogen) atoms. The molecule has 0 aromatic carbocycles. The normalized spacial score (nSPS) is 11.2. The van der Waals surface area contributed by atoms with Crippen LogP contribution in [0.25, 0.3) is 0 Å². The van der Waals surface area contributed by atoms with Crippen LogP contribution in [0.3, 0.4) is 0 Å². The average molecular weight is 226 g/mol. The van der Waals surface area contributed by atoms with Crippen LogP contribution in [0.15, 0.2) is 10.7 Å². The fraction of sp³-hybridized carbons (Fsp3) is 0.500. The van der Waals surface area contributed by atoms with Gasteiger partial charge in [-0.05, 0) is 20.8 Å². The molecule has 2 N–H and O–H groups in total. The minimum atomic E-state index is -0.965. The van der Waals surface area contributed by atoms with Crippen LogP contribution >= 0.6 is 0 Å². The van der Waals surface area contributed by atoms with Crippen LogP contribution in [0.2, 0.25) is 0 Å². The molecule has 0 aliphatic carbocycles. The standard InChI is InChI=1S/C10H14N2O4/c1-6-7(5-11-16-6)9(15)12-10(2,3)4-8(13)14/h5H,4H2,1-3H3,(H,12,15)(H,13,14). The number of carbonyl (C=O) groups excluding carboxylic acids is 1. The third-order valence-electron chi connectivity index (χ3n) is 2.04. The molecular weight excluding hydrogens is 212 g/mol. The number of nitrogens with one attached hydrogen (secondary N) is 1. The van der Waals surface area contributed by atoms with E-state index in [0.717, 1.165) is 0 Å². The van der Waals surface area contributed by atoms with E-state index in [4.69, 9.17) is 9.63 Å². The number of rotatable bonds is 4. The maximum absolute atomic E-state index is 11.7. The van der Waals surface area contributed by atoms with Gasteiger partial charge in [-0.25, -0.2) is 0 Å². The van der Waals surface area contributed by atoms with E-state index in [1.54, 1.807) is 20.8 Å². The Morgan fingerprint density at radius 1 is 1.56 bits per heavy atom. The molecule has 0 unspecified atom stereocenters. The second kappa shape index (κ2) is 4.34. The van der Waals surface area contributed by atoms with E-state index >= 15 is 0 Å². The summed E-state index contributed by atoms with van der Waals surface area (Å²) in [7, 11) is 0. The summed E-state index contributed by atoms with van der Waals surface area (Å²) >= 11 is 0. The van der Waals surface area contributed by atoms with Gasteiger partial charge in [0.2, 0.25) is 0 Å². The zero-order valence-corrected chi connectivity index (χ0v) is 9.40. The third-order valence-corrected chi connectivity index (χ3v) is 2.04. The first-order valence-corrected chi connectivity index (χ1v) is 4.77. The molecule has 88 valence electrons. The topological polar surface area (TPSA) is 92.4 Å². The Bertz CT molecular complexity index is 409. The van der Waals surface area contributed by atoms with E-state index in [9.17, 15) is 9.59 Å². The fourth-order valence-corrected chi connectivity index (χ4v) is 1.31. The molecule has 1 rings (SSSR count). The van der Waals surface area contributed by atoms with Crippen LogP contribution in [-0.4, -0.2) is 27.7 Å². The van der Waals surface area contributed by atoms with Gasteiger partial charge in [0.25, 0.3) is 5.91 Å². The molecule has 0 saturated carbocycles. The number of nitrogens with zero attached hydrogens (tertiary/aromatic N) is 1. The number of hydrogen-bond donors (Lipinski definition) is 2. The smallest absolute Gasteiger partial charge is 0.305 e. The zero-order chi connectivity index (χ0) is 12.3. The first-order valence-electron chi connectivity index (χ1n) is 4.77. The molecule has 0 saturated heterocycles. The van der Waals surface area contributed by atoms with Crippen molar-refractivity contribution in [2.45, 2.75) is 32.7 Å². The van der Waals surface area contributed by atoms with E-state index in [1.165, 1.54) is 6.20 Å². The molecule has 0 aliphatic rings. The van der Waals surface area contributed by atoms with E-state index in [-0.39, 0.29) is 12.3 Å². The Kier molecular flexibility index (Phi) is 3.31. The molecule has 0 aliphatic heterocycles. The summed E-state index contributed by atoms with van der Waals surface area (Å²) in [6, 6.07) is 0. The van der Waals surface area contributed by atoms with Gasteiger partial charge in [0, 0.05) is 5.54 Å². The number of hydrogen-bond acceptors (Lipinski definition) is 4. The summed E-state index contributed by atoms with van der Waals surface area (Å²) in [5.41, 5.74) is -0.495. The summed E-state index contributed by atoms with van der Waals surface area (Å²) < 4.78 is 4.75. The van der Waals surface area contributed by atoms with Gasteiger partial charge in [0.15, 0.2) is 0 Å². The Hall–Kier alpha value is -1.85. The first-order chi connectivity index (χ1) is 7.32. The largest absolute Gasteiger partial charge is 0.481 e. The van der Waals surface area contributed by atoms with Crippen molar-refractivity contribution in [1.29, 1.82) is 0 Å². The first kappa shape index (κ1) is 12.2. The minimum Gasteiger partial charge on any atom is -0.481 e. The number of carboxylic acid groups (broad SMARTS) is 1. The fourth-order valence-electron chi connectivity index (χ4n) is 1.31. The van der Waals surface area contributed by atoms with Gasteiger partial charge in [-0.3, -0.25) is 9.59 Å². The van der Waals surface area contributed by atoms with Crippen LogP contribution in [0.1, 0.15) is 36.4 Å². The predicted octanol–water partition coefficient (Wildman–Crippen LogP) is 0.966. The van der Waals surface area contributed by atoms with Crippen molar-refractivity contribution in [1.82, 2.24) is 10.5 Å². The molecule has 1 heterocycles. The number of amides is 1. The van der Waals surface area contributed by atoms with Crippen molar-refractivity contribution >= 4 is 11.9 Å². The van der Waals surface area contributed by atoms with Crippen LogP contribution in [0, 0.1) is 6.92 Å². The van der Waals surface area contributed by atoms with Crippen molar-refractivity contribution in [2.75, 3.05) is 0 Å². The highest BCUT2D eigenvalue weighted by Crippen LogP contribution is 2.12. The number of aryl methyl sites for hydroxylation is 1. The number of carbonyl (C=O) groups is 2. The Morgan fingerprint density at radius 3 is 2.62 bits per heavy atom. The van der Waals surface area contributed by atoms with E-state index in [1.807, 2.05) is 0 Å². The van der Waals surface area contributed by atoms with Gasteiger partial charge in [0.05, 0.1) is 12.6 Å². The monoisotopic (exact) mass is 226 g/mol. The second-order valence-electron chi connectivity index (χ2n) is 4.20. The van der Waals surface area contributed by atoms with Crippen molar-refractivity contribution in [2.24, 2.45) is 0 Å². The Labute approximate surface area is 92.6 Å². The molecule has 0 atom stereocenters. The minimum absolute atomic E-state index is 0.150. The Morgan fingerprint density at radius 2 is 2.19 bits per heavy atom. The average Bonchev–Trinajstić information content (AvgIpc) is 2.47. The van der Waals surface area contributed by atoms with Crippen LogP contribution in [0.4, 0.5) is 0 Å². The van der Waals surface area contributed by atoms with Crippen LogP contribution < -0.4 is 5.32 Å². The summed E-state index contributed by atoms with van der Waals surface area (Å²) in [6.45, 7) is 4.90. The summed E-state index contributed by atoms with van der Waals surface area (Å²) in [5.74, 6) is -0.944. The third kappa shape index (κ3) is 3.08. The summed E-state index contributed by atoms with van der Waals surface area (Å²) in [6.07, 6.45) is 1.16. The van der Waals surface area contributed by atoms with Crippen molar-refractivity contribution in [3.8, 4) is 0 Å². The van der Waals surface area contributed by atoms with Gasteiger partial charge in [-0.2, -0.15) is 0 Å². The Balaban J connectivity index is 2.71. The maximum atomic E-state index is 11.7. The highest BCUT2D eigenvalue weighted by atomic mass is 16.5. The highest BCUT2D eigenvalue weighted by molar-refractivity contribution is 5.95. The number of aromatic nitrogens is 1. The molecule has 6 nitrogen and oxygen atoms in total. The van der Waals surface area contributed by atoms with E-state index in [2.05, 4.69) is 10.5 Å². The lowest BCUT2D eigenvalue weighted by molar-refractivity contribution is -0.138. The van der Waals surface area contributed by atoms with Gasteiger partial charge in [-0.15, -0.1) is 0 Å². The lowest BCUT2D eigenvalue weighted by Gasteiger charge is -2.23. The molecule has 1 amide bonds. The van der Waals surface area contributed by atoms with Crippen molar-refractivity contribution in [3.05, 3.63) is 17.5 Å². The summed E-state index contributed by atoms with van der Waals surface area (Å²) in [4.78, 5) is 22.3. The van der Waals surface area contributed by atoms with Gasteiger partial charge in [0.1, 0.15) is 11.3 Å². The molecule has 0 fully saturated rings. The number of aliphatic carboxylic acids is 1. The van der Waals surface area contributed by atoms with Crippen molar-refractivity contribution in [3.63, 3.8) is 0 Å². The van der Waals surface area contributed by atoms with Crippen LogP contribution in [-0.2, 0) is 4.79 Å². The second-order valence-corrected chi connectivity index (χ2v) is 4.20. The predicted molar refractivity (Wildman–Crippen MR) is 55.0 cm³/mol. The maximum Gasteiger partial charge on any atom is 0.305 e. The number of carboxylic acids is 1. The van der Waals surface area contributed by atoms with Crippen LogP contribution in [0.5, 0.6) is 0 Å². The molecule has 0 bridgehead atoms. The highest BCUT2D eigenvalue weighted by Gasteiger charge is 2.25. The van der Waals surface area contributed by atoms with E-state index < -0.39 is 11.5 Å². The van der Waals surface area contributed by atoms with Gasteiger partial charge < -0.3 is 14.9 Å². The molecular formula is C10H14N2O4. The molecule has 0 radical (unpaired) electrons. The van der Waals surface area contributed by atoms with Gasteiger partial charge >= 0.3 is 5.97 Å². The lowest BCUT2D eigenvalue weighted by atomic mass is 10.0. The van der Waals surface area contributed by atoms with E-state index in [0.29, 0.717) is 11.3 Å².